The van der Waals surface area contributed by atoms with Crippen molar-refractivity contribution in [2.24, 2.45) is 0 Å². The Balaban J connectivity index is 2.14. The summed E-state index contributed by atoms with van der Waals surface area (Å²) >= 11 is 0. The van der Waals surface area contributed by atoms with E-state index in [1.165, 1.54) is 49.1 Å². The molecule has 2 nitrogen and oxygen atoms in total. The predicted molar refractivity (Wildman–Crippen MR) is 87.3 cm³/mol. The molecular formula is C18H32NO+. The van der Waals surface area contributed by atoms with Gasteiger partial charge in [0.1, 0.15) is 5.75 Å². The Morgan fingerprint density at radius 1 is 0.850 bits per heavy atom. The van der Waals surface area contributed by atoms with Gasteiger partial charge in [-0.3, -0.25) is 0 Å². The van der Waals surface area contributed by atoms with Gasteiger partial charge in [-0.2, -0.15) is 0 Å². The molecule has 0 saturated carbocycles. The molecule has 0 saturated heterocycles. The van der Waals surface area contributed by atoms with E-state index in [0.717, 1.165) is 18.8 Å². The first-order chi connectivity index (χ1) is 9.65. The predicted octanol–water partition coefficient (Wildman–Crippen LogP) is 4.42. The molecule has 0 heterocycles. The fraction of sp³-hybridized carbons (Fsp3) is 0.667. The van der Waals surface area contributed by atoms with Crippen molar-refractivity contribution in [2.75, 3.05) is 32.8 Å². The molecule has 0 bridgehead atoms. The van der Waals surface area contributed by atoms with Crippen molar-refractivity contribution in [1.82, 2.24) is 0 Å². The summed E-state index contributed by atoms with van der Waals surface area (Å²) in [6.45, 7) is 15.0. The summed E-state index contributed by atoms with van der Waals surface area (Å²) in [5.41, 5.74) is 1.28. The number of benzene rings is 1. The molecule has 0 spiro atoms. The highest BCUT2D eigenvalue weighted by Gasteiger charge is 2.19. The van der Waals surface area contributed by atoms with Gasteiger partial charge in [0.25, 0.3) is 0 Å². The fourth-order valence-electron chi connectivity index (χ4n) is 2.70. The summed E-state index contributed by atoms with van der Waals surface area (Å²) in [4.78, 5) is 0. The van der Waals surface area contributed by atoms with Gasteiger partial charge in [0.05, 0.1) is 32.8 Å². The second-order valence-electron chi connectivity index (χ2n) is 5.74. The third-order valence-corrected chi connectivity index (χ3v) is 4.58. The molecule has 2 heteroatoms. The Labute approximate surface area is 125 Å². The minimum Gasteiger partial charge on any atom is -0.494 e. The molecule has 1 rings (SSSR count). The maximum absolute atomic E-state index is 5.77. The molecule has 0 atom stereocenters. The highest BCUT2D eigenvalue weighted by atomic mass is 16.5. The Morgan fingerprint density at radius 2 is 1.45 bits per heavy atom. The molecule has 114 valence electrons. The minimum absolute atomic E-state index is 0.841. The first-order valence-electron chi connectivity index (χ1n) is 8.20. The molecule has 0 aliphatic carbocycles. The van der Waals surface area contributed by atoms with Crippen molar-refractivity contribution in [1.29, 1.82) is 0 Å². The Bertz CT molecular complexity index is 346. The zero-order valence-corrected chi connectivity index (χ0v) is 13.8. The molecule has 20 heavy (non-hydrogen) atoms. The van der Waals surface area contributed by atoms with Crippen LogP contribution in [0.3, 0.4) is 0 Å². The number of aryl methyl sites for hydroxylation is 1. The van der Waals surface area contributed by atoms with Crippen LogP contribution in [0.4, 0.5) is 0 Å². The number of quaternary nitrogens is 1. The Kier molecular flexibility index (Phi) is 7.68. The van der Waals surface area contributed by atoms with E-state index in [1.54, 1.807) is 0 Å². The van der Waals surface area contributed by atoms with Crippen molar-refractivity contribution < 1.29 is 9.22 Å². The first kappa shape index (κ1) is 17.0. The highest BCUT2D eigenvalue weighted by Crippen LogP contribution is 2.13. The van der Waals surface area contributed by atoms with Gasteiger partial charge in [-0.25, -0.2) is 0 Å². The van der Waals surface area contributed by atoms with Crippen LogP contribution in [0.1, 0.15) is 45.6 Å². The van der Waals surface area contributed by atoms with Gasteiger partial charge >= 0.3 is 0 Å². The molecule has 0 unspecified atom stereocenters. The average Bonchev–Trinajstić information content (AvgIpc) is 2.49. The molecule has 0 amide bonds. The lowest BCUT2D eigenvalue weighted by atomic mass is 10.2. The van der Waals surface area contributed by atoms with Crippen LogP contribution < -0.4 is 4.74 Å². The molecular weight excluding hydrogens is 246 g/mol. The van der Waals surface area contributed by atoms with Crippen LogP contribution in [0, 0.1) is 6.92 Å². The van der Waals surface area contributed by atoms with Crippen molar-refractivity contribution in [2.45, 2.75) is 47.0 Å². The summed E-state index contributed by atoms with van der Waals surface area (Å²) in [5.74, 6) is 0.997. The van der Waals surface area contributed by atoms with Crippen LogP contribution in [-0.4, -0.2) is 37.3 Å². The summed E-state index contributed by atoms with van der Waals surface area (Å²) in [6.07, 6.45) is 3.74. The minimum atomic E-state index is 0.841. The molecule has 0 radical (unpaired) electrons. The number of rotatable bonds is 10. The van der Waals surface area contributed by atoms with Crippen LogP contribution in [0.25, 0.3) is 0 Å². The van der Waals surface area contributed by atoms with Gasteiger partial charge in [0.2, 0.25) is 0 Å². The number of hydrogen-bond acceptors (Lipinski definition) is 1. The summed E-state index contributed by atoms with van der Waals surface area (Å²) in [6, 6.07) is 8.32. The van der Waals surface area contributed by atoms with E-state index < -0.39 is 0 Å². The third kappa shape index (κ3) is 5.54. The lowest BCUT2D eigenvalue weighted by Crippen LogP contribution is -2.48. The Morgan fingerprint density at radius 3 is 2.00 bits per heavy atom. The van der Waals surface area contributed by atoms with E-state index in [0.29, 0.717) is 0 Å². The van der Waals surface area contributed by atoms with E-state index in [4.69, 9.17) is 4.74 Å². The van der Waals surface area contributed by atoms with E-state index in [1.807, 2.05) is 0 Å². The maximum atomic E-state index is 5.77. The van der Waals surface area contributed by atoms with Crippen LogP contribution in [0.5, 0.6) is 5.75 Å². The highest BCUT2D eigenvalue weighted by molar-refractivity contribution is 5.26. The molecule has 0 aliphatic heterocycles. The van der Waals surface area contributed by atoms with Gasteiger partial charge in [0.15, 0.2) is 0 Å². The summed E-state index contributed by atoms with van der Waals surface area (Å²) in [5, 5.41) is 0. The molecule has 1 aromatic rings. The quantitative estimate of drug-likeness (QED) is 0.455. The standard InChI is InChI=1S/C18H32NO/c1-5-19(6-2,7-3)15-9-8-10-16-20-18-13-11-17(4)12-14-18/h11-14H,5-10,15-16H2,1-4H3/q+1. The zero-order chi connectivity index (χ0) is 14.8. The maximum Gasteiger partial charge on any atom is 0.119 e. The second-order valence-corrected chi connectivity index (χ2v) is 5.74. The topological polar surface area (TPSA) is 9.23 Å². The van der Waals surface area contributed by atoms with Gasteiger partial charge in [-0.15, -0.1) is 0 Å². The van der Waals surface area contributed by atoms with E-state index >= 15 is 0 Å². The van der Waals surface area contributed by atoms with E-state index in [-0.39, 0.29) is 0 Å². The molecule has 0 fully saturated rings. The molecule has 0 aromatic heterocycles. The van der Waals surface area contributed by atoms with E-state index in [9.17, 15) is 0 Å². The normalized spacial score (nSPS) is 11.6. The largest absolute Gasteiger partial charge is 0.494 e. The molecule has 0 aliphatic rings. The smallest absolute Gasteiger partial charge is 0.119 e. The van der Waals surface area contributed by atoms with Crippen molar-refractivity contribution in [3.63, 3.8) is 0 Å². The summed E-state index contributed by atoms with van der Waals surface area (Å²) in [7, 11) is 0. The Hall–Kier alpha value is -1.02. The molecule has 0 N–H and O–H groups in total. The number of unbranched alkanes of at least 4 members (excludes halogenated alkanes) is 2. The third-order valence-electron chi connectivity index (χ3n) is 4.58. The molecule has 1 aromatic carbocycles. The first-order valence-corrected chi connectivity index (χ1v) is 8.20. The van der Waals surface area contributed by atoms with Gasteiger partial charge in [-0.05, 0) is 59.1 Å². The lowest BCUT2D eigenvalue weighted by molar-refractivity contribution is -0.923. The fourth-order valence-corrected chi connectivity index (χ4v) is 2.70. The summed E-state index contributed by atoms with van der Waals surface area (Å²) < 4.78 is 7.03. The zero-order valence-electron chi connectivity index (χ0n) is 13.8. The van der Waals surface area contributed by atoms with Crippen LogP contribution in [0.15, 0.2) is 24.3 Å². The van der Waals surface area contributed by atoms with Gasteiger partial charge in [0, 0.05) is 0 Å². The van der Waals surface area contributed by atoms with Crippen LogP contribution >= 0.6 is 0 Å². The second kappa shape index (κ2) is 9.02. The lowest BCUT2D eigenvalue weighted by Gasteiger charge is -2.35. The van der Waals surface area contributed by atoms with Crippen LogP contribution in [-0.2, 0) is 0 Å². The van der Waals surface area contributed by atoms with Gasteiger partial charge < -0.3 is 9.22 Å². The number of hydrogen-bond donors (Lipinski definition) is 0. The number of ether oxygens (including phenoxy) is 1. The van der Waals surface area contributed by atoms with Crippen molar-refractivity contribution >= 4 is 0 Å². The van der Waals surface area contributed by atoms with Crippen LogP contribution in [0.2, 0.25) is 0 Å². The SMILES string of the molecule is CC[N+](CC)(CC)CCCCCOc1ccc(C)cc1. The van der Waals surface area contributed by atoms with E-state index in [2.05, 4.69) is 52.0 Å². The number of nitrogens with zero attached hydrogens (tertiary/aromatic N) is 1. The van der Waals surface area contributed by atoms with Crippen molar-refractivity contribution in [3.05, 3.63) is 29.8 Å². The van der Waals surface area contributed by atoms with Gasteiger partial charge in [-0.1, -0.05) is 17.7 Å². The van der Waals surface area contributed by atoms with Crippen molar-refractivity contribution in [3.8, 4) is 5.75 Å². The average molecular weight is 278 g/mol. The monoisotopic (exact) mass is 278 g/mol.